The number of carbonyl (C=O) groups excluding carboxylic acids is 3. The van der Waals surface area contributed by atoms with E-state index >= 15 is 0 Å². The first kappa shape index (κ1) is 17.9. The molecule has 1 atom stereocenters. The maximum absolute atomic E-state index is 12.3. The average molecular weight is 353 g/mol. The van der Waals surface area contributed by atoms with Crippen LogP contribution in [0, 0.1) is 0 Å². The number of rotatable bonds is 6. The Balaban J connectivity index is 2.05. The molecule has 2 rings (SSSR count). The highest BCUT2D eigenvalue weighted by Gasteiger charge is 2.41. The third-order valence-electron chi connectivity index (χ3n) is 3.52. The van der Waals surface area contributed by atoms with Crippen LogP contribution < -0.4 is 10.6 Å². The number of sulfonamides is 1. The van der Waals surface area contributed by atoms with Crippen molar-refractivity contribution < 1.29 is 22.8 Å². The molecule has 1 aliphatic heterocycles. The topological polar surface area (TPSA) is 113 Å². The van der Waals surface area contributed by atoms with E-state index in [9.17, 15) is 22.8 Å². The van der Waals surface area contributed by atoms with Crippen LogP contribution in [0.4, 0.5) is 0 Å². The summed E-state index contributed by atoms with van der Waals surface area (Å²) in [6.07, 6.45) is 0.755. The third-order valence-corrected chi connectivity index (χ3v) is 5.31. The highest BCUT2D eigenvalue weighted by Crippen LogP contribution is 2.29. The van der Waals surface area contributed by atoms with Gasteiger partial charge in [-0.25, -0.2) is 12.7 Å². The van der Waals surface area contributed by atoms with Crippen molar-refractivity contribution in [1.82, 2.24) is 14.9 Å². The van der Waals surface area contributed by atoms with Crippen LogP contribution in [0.5, 0.6) is 0 Å². The summed E-state index contributed by atoms with van der Waals surface area (Å²) in [6.45, 7) is 3.19. The van der Waals surface area contributed by atoms with E-state index < -0.39 is 34.4 Å². The minimum Gasteiger partial charge on any atom is -0.354 e. The van der Waals surface area contributed by atoms with Crippen molar-refractivity contribution in [3.63, 3.8) is 0 Å². The van der Waals surface area contributed by atoms with Gasteiger partial charge in [-0.05, 0) is 25.5 Å². The van der Waals surface area contributed by atoms with Gasteiger partial charge in [0.1, 0.15) is 17.5 Å². The predicted molar refractivity (Wildman–Crippen MR) is 85.6 cm³/mol. The summed E-state index contributed by atoms with van der Waals surface area (Å²) >= 11 is 0. The predicted octanol–water partition coefficient (Wildman–Crippen LogP) is -0.138. The number of hydrogen-bond acceptors (Lipinski definition) is 5. The molecule has 0 bridgehead atoms. The molecule has 0 saturated heterocycles. The summed E-state index contributed by atoms with van der Waals surface area (Å²) in [7, 11) is -4.04. The fourth-order valence-electron chi connectivity index (χ4n) is 2.27. The van der Waals surface area contributed by atoms with Crippen molar-refractivity contribution in [2.24, 2.45) is 0 Å². The standard InChI is InChI=1S/C15H19N3O5S/c1-3-8-16-14(20)10(2)17-13(19)9-18-15(21)11-6-4-5-7-12(11)24(18,22)23/h4-7,10H,3,8-9H2,1-2H3,(H,16,20)(H,17,19)/t10-/m1/s1. The molecule has 2 N–H and O–H groups in total. The second-order valence-electron chi connectivity index (χ2n) is 5.39. The summed E-state index contributed by atoms with van der Waals surface area (Å²) in [5, 5.41) is 5.01. The van der Waals surface area contributed by atoms with E-state index in [0.29, 0.717) is 10.8 Å². The second kappa shape index (κ2) is 7.00. The summed E-state index contributed by atoms with van der Waals surface area (Å²) < 4.78 is 25.2. The smallest absolute Gasteiger partial charge is 0.269 e. The van der Waals surface area contributed by atoms with Gasteiger partial charge in [0, 0.05) is 6.54 Å². The number of nitrogens with zero attached hydrogens (tertiary/aromatic N) is 1. The van der Waals surface area contributed by atoms with Crippen molar-refractivity contribution in [1.29, 1.82) is 0 Å². The lowest BCUT2D eigenvalue weighted by atomic mass is 10.2. The zero-order chi connectivity index (χ0) is 17.9. The summed E-state index contributed by atoms with van der Waals surface area (Å²) in [4.78, 5) is 35.8. The molecule has 0 unspecified atom stereocenters. The molecule has 1 aliphatic rings. The van der Waals surface area contributed by atoms with Crippen molar-refractivity contribution in [2.75, 3.05) is 13.1 Å². The van der Waals surface area contributed by atoms with Crippen LogP contribution >= 0.6 is 0 Å². The first-order valence-electron chi connectivity index (χ1n) is 7.52. The first-order chi connectivity index (χ1) is 11.3. The van der Waals surface area contributed by atoms with E-state index in [-0.39, 0.29) is 16.4 Å². The molecular formula is C15H19N3O5S. The lowest BCUT2D eigenvalue weighted by Gasteiger charge is -2.17. The molecule has 24 heavy (non-hydrogen) atoms. The highest BCUT2D eigenvalue weighted by atomic mass is 32.2. The zero-order valence-electron chi connectivity index (χ0n) is 13.4. The van der Waals surface area contributed by atoms with Crippen LogP contribution in [-0.2, 0) is 19.6 Å². The molecule has 0 aliphatic carbocycles. The van der Waals surface area contributed by atoms with Gasteiger partial charge < -0.3 is 10.6 Å². The van der Waals surface area contributed by atoms with Gasteiger partial charge >= 0.3 is 0 Å². The second-order valence-corrected chi connectivity index (χ2v) is 7.22. The van der Waals surface area contributed by atoms with Crippen molar-refractivity contribution in [3.8, 4) is 0 Å². The molecule has 8 nitrogen and oxygen atoms in total. The molecule has 0 saturated carbocycles. The Kier molecular flexibility index (Phi) is 5.23. The molecule has 0 radical (unpaired) electrons. The Morgan fingerprint density at radius 2 is 1.92 bits per heavy atom. The van der Waals surface area contributed by atoms with E-state index in [1.165, 1.54) is 25.1 Å². The van der Waals surface area contributed by atoms with Gasteiger partial charge in [0.15, 0.2) is 0 Å². The number of hydrogen-bond donors (Lipinski definition) is 2. The Bertz CT molecular complexity index is 775. The molecular weight excluding hydrogens is 334 g/mol. The molecule has 0 fully saturated rings. The Morgan fingerprint density at radius 1 is 1.25 bits per heavy atom. The maximum atomic E-state index is 12.3. The fourth-order valence-corrected chi connectivity index (χ4v) is 3.80. The average Bonchev–Trinajstić information content (AvgIpc) is 2.74. The Hall–Kier alpha value is -2.42. The summed E-state index contributed by atoms with van der Waals surface area (Å²) in [5.41, 5.74) is 0.0408. The van der Waals surface area contributed by atoms with Crippen molar-refractivity contribution >= 4 is 27.7 Å². The van der Waals surface area contributed by atoms with E-state index in [1.807, 2.05) is 6.92 Å². The molecule has 0 aromatic heterocycles. The van der Waals surface area contributed by atoms with Crippen LogP contribution in [0.2, 0.25) is 0 Å². The van der Waals surface area contributed by atoms with Gasteiger partial charge in [0.2, 0.25) is 11.8 Å². The van der Waals surface area contributed by atoms with Gasteiger partial charge in [-0.15, -0.1) is 0 Å². The monoisotopic (exact) mass is 353 g/mol. The molecule has 1 aromatic rings. The molecule has 130 valence electrons. The van der Waals surface area contributed by atoms with E-state index in [4.69, 9.17) is 0 Å². The fraction of sp³-hybridized carbons (Fsp3) is 0.400. The van der Waals surface area contributed by atoms with E-state index in [2.05, 4.69) is 10.6 Å². The van der Waals surface area contributed by atoms with Crippen molar-refractivity contribution in [3.05, 3.63) is 29.8 Å². The molecule has 9 heteroatoms. The normalized spacial score (nSPS) is 16.4. The first-order valence-corrected chi connectivity index (χ1v) is 8.96. The lowest BCUT2D eigenvalue weighted by molar-refractivity contribution is -0.128. The number of amides is 3. The van der Waals surface area contributed by atoms with Gasteiger partial charge in [-0.3, -0.25) is 14.4 Å². The summed E-state index contributed by atoms with van der Waals surface area (Å²) in [6, 6.07) is 4.95. The van der Waals surface area contributed by atoms with Crippen LogP contribution in [-0.4, -0.2) is 49.6 Å². The van der Waals surface area contributed by atoms with Crippen LogP contribution in [0.1, 0.15) is 30.6 Å². The van der Waals surface area contributed by atoms with Gasteiger partial charge in [-0.2, -0.15) is 0 Å². The van der Waals surface area contributed by atoms with E-state index in [0.717, 1.165) is 6.42 Å². The quantitative estimate of drug-likeness (QED) is 0.739. The van der Waals surface area contributed by atoms with Crippen LogP contribution in [0.3, 0.4) is 0 Å². The number of carbonyl (C=O) groups is 3. The minimum atomic E-state index is -4.04. The molecule has 0 spiro atoms. The zero-order valence-corrected chi connectivity index (χ0v) is 14.2. The minimum absolute atomic E-state index is 0.0408. The van der Waals surface area contributed by atoms with Crippen LogP contribution in [0.25, 0.3) is 0 Å². The Morgan fingerprint density at radius 3 is 2.54 bits per heavy atom. The van der Waals surface area contributed by atoms with Gasteiger partial charge in [0.25, 0.3) is 15.9 Å². The number of benzene rings is 1. The third kappa shape index (κ3) is 3.40. The lowest BCUT2D eigenvalue weighted by Crippen LogP contribution is -2.48. The Labute approximate surface area is 140 Å². The number of fused-ring (bicyclic) bond motifs is 1. The van der Waals surface area contributed by atoms with Gasteiger partial charge in [-0.1, -0.05) is 19.1 Å². The van der Waals surface area contributed by atoms with E-state index in [1.54, 1.807) is 6.07 Å². The van der Waals surface area contributed by atoms with Gasteiger partial charge in [0.05, 0.1) is 5.56 Å². The SMILES string of the molecule is CCCNC(=O)[C@@H](C)NC(=O)CN1C(=O)c2ccccc2S1(=O)=O. The molecule has 1 heterocycles. The van der Waals surface area contributed by atoms with Crippen LogP contribution in [0.15, 0.2) is 29.2 Å². The highest BCUT2D eigenvalue weighted by molar-refractivity contribution is 7.90. The maximum Gasteiger partial charge on any atom is 0.269 e. The largest absolute Gasteiger partial charge is 0.354 e. The molecule has 1 aromatic carbocycles. The number of nitrogens with one attached hydrogen (secondary N) is 2. The molecule has 3 amide bonds. The summed E-state index contributed by atoms with van der Waals surface area (Å²) in [5.74, 6) is -1.84. The van der Waals surface area contributed by atoms with Crippen molar-refractivity contribution in [2.45, 2.75) is 31.2 Å².